The SMILES string of the molecule is Cc1ccc(N2CCCC(CNC(=O)OC(C)(C)C)C2)nc1. The van der Waals surface area contributed by atoms with E-state index in [9.17, 15) is 4.79 Å². The Morgan fingerprint density at radius 3 is 2.86 bits per heavy atom. The highest BCUT2D eigenvalue weighted by Crippen LogP contribution is 2.21. The Labute approximate surface area is 133 Å². The lowest BCUT2D eigenvalue weighted by atomic mass is 9.98. The van der Waals surface area contributed by atoms with Crippen LogP contribution in [0.5, 0.6) is 0 Å². The summed E-state index contributed by atoms with van der Waals surface area (Å²) in [6.45, 7) is 10.3. The Hall–Kier alpha value is -1.78. The normalized spacial score (nSPS) is 18.9. The number of aromatic nitrogens is 1. The van der Waals surface area contributed by atoms with E-state index in [1.807, 2.05) is 33.9 Å². The molecule has 0 radical (unpaired) electrons. The second-order valence-electron chi connectivity index (χ2n) is 7.03. The highest BCUT2D eigenvalue weighted by molar-refractivity contribution is 5.67. The Bertz CT molecular complexity index is 494. The number of hydrogen-bond acceptors (Lipinski definition) is 4. The number of hydrogen-bond donors (Lipinski definition) is 1. The van der Waals surface area contributed by atoms with Crippen LogP contribution in [0.3, 0.4) is 0 Å². The molecule has 1 fully saturated rings. The highest BCUT2D eigenvalue weighted by atomic mass is 16.6. The third-order valence-corrected chi connectivity index (χ3v) is 3.67. The largest absolute Gasteiger partial charge is 0.444 e. The lowest BCUT2D eigenvalue weighted by molar-refractivity contribution is 0.0517. The first kappa shape index (κ1) is 16.6. The van der Waals surface area contributed by atoms with Crippen molar-refractivity contribution < 1.29 is 9.53 Å². The third kappa shape index (κ3) is 5.20. The molecule has 5 nitrogen and oxygen atoms in total. The minimum Gasteiger partial charge on any atom is -0.444 e. The lowest BCUT2D eigenvalue weighted by Gasteiger charge is -2.33. The van der Waals surface area contributed by atoms with E-state index in [1.54, 1.807) is 0 Å². The van der Waals surface area contributed by atoms with Crippen molar-refractivity contribution in [2.45, 2.75) is 46.1 Å². The standard InChI is InChI=1S/C17H27N3O2/c1-13-7-8-15(18-10-13)20-9-5-6-14(12-20)11-19-16(21)22-17(2,3)4/h7-8,10,14H,5-6,9,11-12H2,1-4H3,(H,19,21). The Morgan fingerprint density at radius 1 is 1.45 bits per heavy atom. The molecule has 0 saturated carbocycles. The van der Waals surface area contributed by atoms with Gasteiger partial charge in [-0.1, -0.05) is 6.07 Å². The van der Waals surface area contributed by atoms with Crippen molar-refractivity contribution in [1.82, 2.24) is 10.3 Å². The number of nitrogens with one attached hydrogen (secondary N) is 1. The summed E-state index contributed by atoms with van der Waals surface area (Å²) in [5.74, 6) is 1.46. The number of anilines is 1. The zero-order valence-corrected chi connectivity index (χ0v) is 14.1. The fraction of sp³-hybridized carbons (Fsp3) is 0.647. The monoisotopic (exact) mass is 305 g/mol. The van der Waals surface area contributed by atoms with Crippen molar-refractivity contribution in [1.29, 1.82) is 0 Å². The number of nitrogens with zero attached hydrogens (tertiary/aromatic N) is 2. The minimum atomic E-state index is -0.450. The molecule has 0 aliphatic carbocycles. The number of piperidine rings is 1. The molecular weight excluding hydrogens is 278 g/mol. The number of aryl methyl sites for hydroxylation is 1. The van der Waals surface area contributed by atoms with Crippen molar-refractivity contribution in [3.63, 3.8) is 0 Å². The van der Waals surface area contributed by atoms with Gasteiger partial charge >= 0.3 is 6.09 Å². The molecule has 1 saturated heterocycles. The van der Waals surface area contributed by atoms with E-state index in [0.29, 0.717) is 12.5 Å². The Kier molecular flexibility index (Phi) is 5.27. The summed E-state index contributed by atoms with van der Waals surface area (Å²) in [6.07, 6.45) is 3.81. The van der Waals surface area contributed by atoms with Crippen LogP contribution in [0.2, 0.25) is 0 Å². The molecule has 1 amide bonds. The first-order chi connectivity index (χ1) is 10.3. The van der Waals surface area contributed by atoms with Crippen LogP contribution in [0.25, 0.3) is 0 Å². The predicted molar refractivity (Wildman–Crippen MR) is 88.1 cm³/mol. The molecule has 1 aliphatic heterocycles. The van der Waals surface area contributed by atoms with Crippen LogP contribution in [0.1, 0.15) is 39.2 Å². The molecule has 0 aromatic carbocycles. The summed E-state index contributed by atoms with van der Waals surface area (Å²) in [7, 11) is 0. The number of carbonyl (C=O) groups excluding carboxylic acids is 1. The van der Waals surface area contributed by atoms with Gasteiger partial charge in [-0.2, -0.15) is 0 Å². The van der Waals surface area contributed by atoms with Crippen molar-refractivity contribution in [2.24, 2.45) is 5.92 Å². The molecule has 1 aliphatic rings. The zero-order chi connectivity index (χ0) is 16.2. The van der Waals surface area contributed by atoms with Crippen molar-refractivity contribution >= 4 is 11.9 Å². The van der Waals surface area contributed by atoms with Crippen LogP contribution < -0.4 is 10.2 Å². The van der Waals surface area contributed by atoms with Crippen LogP contribution in [0.4, 0.5) is 10.6 Å². The zero-order valence-electron chi connectivity index (χ0n) is 14.1. The van der Waals surface area contributed by atoms with Gasteiger partial charge in [0.25, 0.3) is 0 Å². The van der Waals surface area contributed by atoms with Crippen LogP contribution in [0.15, 0.2) is 18.3 Å². The van der Waals surface area contributed by atoms with E-state index < -0.39 is 5.60 Å². The fourth-order valence-corrected chi connectivity index (χ4v) is 2.63. The molecule has 2 rings (SSSR count). The first-order valence-corrected chi connectivity index (χ1v) is 7.98. The van der Waals surface area contributed by atoms with Crippen LogP contribution >= 0.6 is 0 Å². The molecule has 1 aromatic heterocycles. The molecule has 0 bridgehead atoms. The molecule has 22 heavy (non-hydrogen) atoms. The average molecular weight is 305 g/mol. The van der Waals surface area contributed by atoms with Gasteiger partial charge in [0.1, 0.15) is 11.4 Å². The van der Waals surface area contributed by atoms with Gasteiger partial charge in [-0.25, -0.2) is 9.78 Å². The van der Waals surface area contributed by atoms with Gasteiger partial charge in [0, 0.05) is 25.8 Å². The summed E-state index contributed by atoms with van der Waals surface area (Å²) in [5, 5.41) is 2.88. The number of amides is 1. The van der Waals surface area contributed by atoms with E-state index in [-0.39, 0.29) is 6.09 Å². The topological polar surface area (TPSA) is 54.5 Å². The smallest absolute Gasteiger partial charge is 0.407 e. The number of pyridine rings is 1. The van der Waals surface area contributed by atoms with E-state index >= 15 is 0 Å². The number of alkyl carbamates (subject to hydrolysis) is 1. The summed E-state index contributed by atoms with van der Waals surface area (Å²) in [4.78, 5) is 18.5. The molecule has 5 heteroatoms. The number of rotatable bonds is 3. The summed E-state index contributed by atoms with van der Waals surface area (Å²) < 4.78 is 5.28. The van der Waals surface area contributed by atoms with Crippen molar-refractivity contribution in [3.8, 4) is 0 Å². The molecule has 1 aromatic rings. The molecule has 1 N–H and O–H groups in total. The van der Waals surface area contributed by atoms with Gasteiger partial charge in [-0.05, 0) is 58.1 Å². The van der Waals surface area contributed by atoms with Gasteiger partial charge in [-0.3, -0.25) is 0 Å². The quantitative estimate of drug-likeness (QED) is 0.932. The summed E-state index contributed by atoms with van der Waals surface area (Å²) in [6, 6.07) is 4.16. The van der Waals surface area contributed by atoms with E-state index in [0.717, 1.165) is 31.7 Å². The maximum absolute atomic E-state index is 11.7. The third-order valence-electron chi connectivity index (χ3n) is 3.67. The number of carbonyl (C=O) groups is 1. The predicted octanol–water partition coefficient (Wildman–Crippen LogP) is 3.13. The van der Waals surface area contributed by atoms with Gasteiger partial charge in [0.05, 0.1) is 0 Å². The highest BCUT2D eigenvalue weighted by Gasteiger charge is 2.22. The number of ether oxygens (including phenoxy) is 1. The Morgan fingerprint density at radius 2 is 2.23 bits per heavy atom. The van der Waals surface area contributed by atoms with E-state index in [4.69, 9.17) is 4.74 Å². The maximum atomic E-state index is 11.7. The molecular formula is C17H27N3O2. The second-order valence-corrected chi connectivity index (χ2v) is 7.03. The van der Waals surface area contributed by atoms with Gasteiger partial charge in [-0.15, -0.1) is 0 Å². The second kappa shape index (κ2) is 6.99. The van der Waals surface area contributed by atoms with Crippen LogP contribution in [0, 0.1) is 12.8 Å². The van der Waals surface area contributed by atoms with Gasteiger partial charge in [0.15, 0.2) is 0 Å². The molecule has 122 valence electrons. The Balaban J connectivity index is 1.83. The minimum absolute atomic E-state index is 0.335. The van der Waals surface area contributed by atoms with Crippen LogP contribution in [-0.4, -0.2) is 36.3 Å². The van der Waals surface area contributed by atoms with Gasteiger partial charge in [0.2, 0.25) is 0 Å². The molecule has 1 atom stereocenters. The van der Waals surface area contributed by atoms with Crippen molar-refractivity contribution in [3.05, 3.63) is 23.9 Å². The van der Waals surface area contributed by atoms with Crippen molar-refractivity contribution in [2.75, 3.05) is 24.5 Å². The van der Waals surface area contributed by atoms with Crippen LogP contribution in [-0.2, 0) is 4.74 Å². The first-order valence-electron chi connectivity index (χ1n) is 7.98. The van der Waals surface area contributed by atoms with E-state index in [1.165, 1.54) is 5.56 Å². The fourth-order valence-electron chi connectivity index (χ4n) is 2.63. The van der Waals surface area contributed by atoms with E-state index in [2.05, 4.69) is 27.3 Å². The van der Waals surface area contributed by atoms with Gasteiger partial charge < -0.3 is 15.0 Å². The molecule has 0 spiro atoms. The summed E-state index contributed by atoms with van der Waals surface area (Å²) in [5.41, 5.74) is 0.720. The molecule has 2 heterocycles. The summed E-state index contributed by atoms with van der Waals surface area (Å²) >= 11 is 0. The molecule has 1 unspecified atom stereocenters. The maximum Gasteiger partial charge on any atom is 0.407 e. The lowest BCUT2D eigenvalue weighted by Crippen LogP contribution is -2.42. The average Bonchev–Trinajstić information content (AvgIpc) is 2.44.